The summed E-state index contributed by atoms with van der Waals surface area (Å²) in [6, 6.07) is 13.9. The van der Waals surface area contributed by atoms with Crippen molar-refractivity contribution in [1.29, 1.82) is 0 Å². The molecular weight excluding hydrogens is 282 g/mol. The molecule has 0 unspecified atom stereocenters. The van der Waals surface area contributed by atoms with Crippen LogP contribution in [0, 0.1) is 6.92 Å². The van der Waals surface area contributed by atoms with E-state index in [1.165, 1.54) is 11.1 Å². The first-order valence-electron chi connectivity index (χ1n) is 7.25. The Bertz CT molecular complexity index is 663. The summed E-state index contributed by atoms with van der Waals surface area (Å²) in [5, 5.41) is 0. The van der Waals surface area contributed by atoms with Gasteiger partial charge in [-0.3, -0.25) is 4.79 Å². The molecule has 0 fully saturated rings. The Morgan fingerprint density at radius 2 is 1.95 bits per heavy atom. The molecule has 0 spiro atoms. The summed E-state index contributed by atoms with van der Waals surface area (Å²) >= 11 is 5.79. The second-order valence-electron chi connectivity index (χ2n) is 5.52. The van der Waals surface area contributed by atoms with E-state index in [9.17, 15) is 4.79 Å². The maximum Gasteiger partial charge on any atom is 0.258 e. The zero-order chi connectivity index (χ0) is 14.8. The number of anilines is 1. The van der Waals surface area contributed by atoms with Crippen molar-refractivity contribution in [3.63, 3.8) is 0 Å². The van der Waals surface area contributed by atoms with Crippen molar-refractivity contribution >= 4 is 23.2 Å². The molecule has 21 heavy (non-hydrogen) atoms. The highest BCUT2D eigenvalue weighted by atomic mass is 35.5. The van der Waals surface area contributed by atoms with E-state index in [2.05, 4.69) is 25.1 Å². The minimum absolute atomic E-state index is 0.0703. The molecule has 1 aliphatic heterocycles. The second kappa shape index (κ2) is 5.90. The number of alkyl halides is 1. The first-order valence-corrected chi connectivity index (χ1v) is 7.79. The lowest BCUT2D eigenvalue weighted by molar-refractivity contribution is 0.0985. The lowest BCUT2D eigenvalue weighted by Crippen LogP contribution is -2.35. The Morgan fingerprint density at radius 1 is 1.19 bits per heavy atom. The van der Waals surface area contributed by atoms with Crippen LogP contribution in [0.15, 0.2) is 42.5 Å². The molecule has 1 aliphatic rings. The largest absolute Gasteiger partial charge is 0.308 e. The van der Waals surface area contributed by atoms with Gasteiger partial charge in [0.25, 0.3) is 5.91 Å². The van der Waals surface area contributed by atoms with Crippen LogP contribution in [0.4, 0.5) is 5.69 Å². The number of hydrogen-bond donors (Lipinski definition) is 0. The lowest BCUT2D eigenvalue weighted by atomic mass is 9.98. The molecular formula is C18H18ClNO. The third-order valence-corrected chi connectivity index (χ3v) is 4.26. The van der Waals surface area contributed by atoms with Crippen molar-refractivity contribution in [2.75, 3.05) is 11.4 Å². The number of halogens is 1. The first-order chi connectivity index (χ1) is 10.2. The van der Waals surface area contributed by atoms with Crippen LogP contribution in [0.5, 0.6) is 0 Å². The topological polar surface area (TPSA) is 20.3 Å². The summed E-state index contributed by atoms with van der Waals surface area (Å²) in [5.74, 6) is 0.543. The number of aryl methyl sites for hydroxylation is 2. The Balaban J connectivity index is 1.92. The number of nitrogens with zero attached hydrogens (tertiary/aromatic N) is 1. The summed E-state index contributed by atoms with van der Waals surface area (Å²) in [6.45, 7) is 2.87. The monoisotopic (exact) mass is 299 g/mol. The van der Waals surface area contributed by atoms with Gasteiger partial charge >= 0.3 is 0 Å². The van der Waals surface area contributed by atoms with Gasteiger partial charge in [0.05, 0.1) is 0 Å². The van der Waals surface area contributed by atoms with Gasteiger partial charge in [0.15, 0.2) is 0 Å². The quantitative estimate of drug-likeness (QED) is 0.756. The molecule has 0 aromatic heterocycles. The Labute approximate surface area is 130 Å². The number of carbonyl (C=O) groups excluding carboxylic acids is 1. The molecule has 1 heterocycles. The zero-order valence-electron chi connectivity index (χ0n) is 12.1. The predicted octanol–water partition coefficient (Wildman–Crippen LogP) is 4.33. The normalized spacial score (nSPS) is 13.9. The van der Waals surface area contributed by atoms with Crippen molar-refractivity contribution in [1.82, 2.24) is 0 Å². The van der Waals surface area contributed by atoms with Crippen LogP contribution in [0.2, 0.25) is 0 Å². The third-order valence-electron chi connectivity index (χ3n) is 3.95. The molecule has 1 amide bonds. The van der Waals surface area contributed by atoms with Crippen LogP contribution in [-0.2, 0) is 12.3 Å². The molecule has 0 bridgehead atoms. The number of rotatable bonds is 2. The molecule has 2 aromatic rings. The fourth-order valence-corrected chi connectivity index (χ4v) is 3.01. The molecule has 0 saturated heterocycles. The van der Waals surface area contributed by atoms with Crippen LogP contribution in [0.3, 0.4) is 0 Å². The van der Waals surface area contributed by atoms with E-state index < -0.39 is 0 Å². The van der Waals surface area contributed by atoms with Crippen LogP contribution in [0.25, 0.3) is 0 Å². The van der Waals surface area contributed by atoms with Gasteiger partial charge in [-0.15, -0.1) is 11.6 Å². The lowest BCUT2D eigenvalue weighted by Gasteiger charge is -2.30. The van der Waals surface area contributed by atoms with Gasteiger partial charge in [-0.25, -0.2) is 0 Å². The average Bonchev–Trinajstić information content (AvgIpc) is 2.53. The van der Waals surface area contributed by atoms with E-state index in [1.807, 2.05) is 29.2 Å². The minimum atomic E-state index is 0.0703. The molecule has 3 rings (SSSR count). The van der Waals surface area contributed by atoms with Gasteiger partial charge in [0.1, 0.15) is 0 Å². The average molecular weight is 300 g/mol. The van der Waals surface area contributed by atoms with E-state index in [1.54, 1.807) is 0 Å². The molecule has 2 nitrogen and oxygen atoms in total. The van der Waals surface area contributed by atoms with Gasteiger partial charge in [-0.1, -0.05) is 29.8 Å². The summed E-state index contributed by atoms with van der Waals surface area (Å²) in [6.07, 6.45) is 2.06. The zero-order valence-corrected chi connectivity index (χ0v) is 12.9. The smallest absolute Gasteiger partial charge is 0.258 e. The van der Waals surface area contributed by atoms with Crippen molar-refractivity contribution in [3.05, 3.63) is 64.7 Å². The van der Waals surface area contributed by atoms with Crippen LogP contribution in [-0.4, -0.2) is 12.5 Å². The van der Waals surface area contributed by atoms with Crippen LogP contribution in [0.1, 0.15) is 33.5 Å². The standard InChI is InChI=1S/C18H18ClNO/c1-13-4-9-17-16(11-13)3-2-10-20(17)18(21)15-7-5-14(12-19)6-8-15/h4-9,11H,2-3,10,12H2,1H3. The van der Waals surface area contributed by atoms with Gasteiger partial charge in [0.2, 0.25) is 0 Å². The van der Waals surface area contributed by atoms with E-state index in [4.69, 9.17) is 11.6 Å². The number of carbonyl (C=O) groups is 1. The molecule has 0 atom stereocenters. The van der Waals surface area contributed by atoms with Gasteiger partial charge < -0.3 is 4.90 Å². The second-order valence-corrected chi connectivity index (χ2v) is 5.79. The maximum atomic E-state index is 12.7. The molecule has 108 valence electrons. The molecule has 0 aliphatic carbocycles. The summed E-state index contributed by atoms with van der Waals surface area (Å²) in [4.78, 5) is 14.6. The number of hydrogen-bond acceptors (Lipinski definition) is 1. The number of benzene rings is 2. The SMILES string of the molecule is Cc1ccc2c(c1)CCCN2C(=O)c1ccc(CCl)cc1. The Hall–Kier alpha value is -1.80. The predicted molar refractivity (Wildman–Crippen MR) is 87.2 cm³/mol. The van der Waals surface area contributed by atoms with Gasteiger partial charge in [-0.2, -0.15) is 0 Å². The summed E-state index contributed by atoms with van der Waals surface area (Å²) in [7, 11) is 0. The van der Waals surface area contributed by atoms with Crippen molar-refractivity contribution < 1.29 is 4.79 Å². The van der Waals surface area contributed by atoms with Gasteiger partial charge in [0, 0.05) is 23.7 Å². The minimum Gasteiger partial charge on any atom is -0.308 e. The summed E-state index contributed by atoms with van der Waals surface area (Å²) < 4.78 is 0. The fourth-order valence-electron chi connectivity index (χ4n) is 2.83. The highest BCUT2D eigenvalue weighted by molar-refractivity contribution is 6.17. The molecule has 0 N–H and O–H groups in total. The Kier molecular flexibility index (Phi) is 3.98. The first kappa shape index (κ1) is 14.2. The van der Waals surface area contributed by atoms with E-state index in [0.29, 0.717) is 5.88 Å². The maximum absolute atomic E-state index is 12.7. The molecule has 0 radical (unpaired) electrons. The van der Waals surface area contributed by atoms with Crippen molar-refractivity contribution in [3.8, 4) is 0 Å². The molecule has 0 saturated carbocycles. The highest BCUT2D eigenvalue weighted by Crippen LogP contribution is 2.29. The highest BCUT2D eigenvalue weighted by Gasteiger charge is 2.23. The molecule has 3 heteroatoms. The summed E-state index contributed by atoms with van der Waals surface area (Å²) in [5.41, 5.74) is 5.32. The van der Waals surface area contributed by atoms with E-state index in [0.717, 1.165) is 36.2 Å². The fraction of sp³-hybridized carbons (Fsp3) is 0.278. The van der Waals surface area contributed by atoms with Gasteiger partial charge in [-0.05, 0) is 49.1 Å². The van der Waals surface area contributed by atoms with Crippen LogP contribution >= 0.6 is 11.6 Å². The Morgan fingerprint density at radius 3 is 2.67 bits per heavy atom. The van der Waals surface area contributed by atoms with Crippen molar-refractivity contribution in [2.45, 2.75) is 25.6 Å². The number of fused-ring (bicyclic) bond motifs is 1. The van der Waals surface area contributed by atoms with Crippen molar-refractivity contribution in [2.24, 2.45) is 0 Å². The molecule has 2 aromatic carbocycles. The van der Waals surface area contributed by atoms with E-state index in [-0.39, 0.29) is 5.91 Å². The van der Waals surface area contributed by atoms with E-state index >= 15 is 0 Å². The third kappa shape index (κ3) is 2.81. The number of amides is 1. The van der Waals surface area contributed by atoms with Crippen LogP contribution < -0.4 is 4.90 Å².